The molecule has 1 unspecified atom stereocenters. The van der Waals surface area contributed by atoms with E-state index in [0.717, 1.165) is 11.3 Å². The summed E-state index contributed by atoms with van der Waals surface area (Å²) in [6.45, 7) is 8.89. The number of amides is 1. The number of pyridine rings is 1. The zero-order chi connectivity index (χ0) is 21.8. The lowest BCUT2D eigenvalue weighted by Crippen LogP contribution is -2.30. The molecular formula is C20H24N4O3S2. The van der Waals surface area contributed by atoms with Crippen molar-refractivity contribution in [3.8, 4) is 6.07 Å². The van der Waals surface area contributed by atoms with E-state index in [4.69, 9.17) is 0 Å². The lowest BCUT2D eigenvalue weighted by atomic mass is 10.1. The molecule has 9 heteroatoms. The van der Waals surface area contributed by atoms with Crippen molar-refractivity contribution in [3.63, 3.8) is 0 Å². The Kier molecular flexibility index (Phi) is 7.41. The summed E-state index contributed by atoms with van der Waals surface area (Å²) in [4.78, 5) is 17.1. The predicted molar refractivity (Wildman–Crippen MR) is 114 cm³/mol. The monoisotopic (exact) mass is 432 g/mol. The topological polar surface area (TPSA) is 112 Å². The standard InChI is InChI=1S/C20H24N4O3S2/c1-12(2)24-29(26,27)17-8-6-16(7-9-17)23-19(25)15(5)28-20-18(11-21)13(3)10-14(4)22-20/h6-10,12,15,24H,1-5H3,(H,23,25). The molecule has 1 heterocycles. The van der Waals surface area contributed by atoms with Gasteiger partial charge in [-0.1, -0.05) is 11.8 Å². The third-order valence-electron chi connectivity index (χ3n) is 3.90. The fourth-order valence-corrected chi connectivity index (χ4v) is 4.86. The Hall–Kier alpha value is -2.41. The minimum Gasteiger partial charge on any atom is -0.325 e. The van der Waals surface area contributed by atoms with Gasteiger partial charge in [-0.2, -0.15) is 5.26 Å². The summed E-state index contributed by atoms with van der Waals surface area (Å²) in [5.41, 5.74) is 2.55. The number of anilines is 1. The maximum atomic E-state index is 12.5. The molecule has 1 aromatic heterocycles. The number of carbonyl (C=O) groups is 1. The number of aromatic nitrogens is 1. The number of nitrogens with zero attached hydrogens (tertiary/aromatic N) is 2. The van der Waals surface area contributed by atoms with Gasteiger partial charge in [0.25, 0.3) is 0 Å². The van der Waals surface area contributed by atoms with Crippen molar-refractivity contribution in [2.45, 2.75) is 55.8 Å². The van der Waals surface area contributed by atoms with Gasteiger partial charge in [0.05, 0.1) is 15.7 Å². The average Bonchev–Trinajstić information content (AvgIpc) is 2.60. The molecule has 154 valence electrons. The van der Waals surface area contributed by atoms with E-state index in [1.54, 1.807) is 32.9 Å². The van der Waals surface area contributed by atoms with Crippen molar-refractivity contribution >= 4 is 33.4 Å². The van der Waals surface area contributed by atoms with Gasteiger partial charge >= 0.3 is 0 Å². The van der Waals surface area contributed by atoms with Gasteiger partial charge in [0.15, 0.2) is 0 Å². The third-order valence-corrected chi connectivity index (χ3v) is 6.66. The fraction of sp³-hybridized carbons (Fsp3) is 0.350. The summed E-state index contributed by atoms with van der Waals surface area (Å²) in [5, 5.41) is 12.2. The maximum Gasteiger partial charge on any atom is 0.240 e. The van der Waals surface area contributed by atoms with E-state index in [1.807, 2.05) is 19.9 Å². The van der Waals surface area contributed by atoms with E-state index >= 15 is 0 Å². The number of nitrogens with one attached hydrogen (secondary N) is 2. The predicted octanol–water partition coefficient (Wildman–Crippen LogP) is 3.38. The molecule has 1 aromatic carbocycles. The van der Waals surface area contributed by atoms with Gasteiger partial charge in [-0.05, 0) is 70.5 Å². The second-order valence-electron chi connectivity index (χ2n) is 6.92. The number of benzene rings is 1. The SMILES string of the molecule is Cc1cc(C)c(C#N)c(SC(C)C(=O)Nc2ccc(S(=O)(=O)NC(C)C)cc2)n1. The number of sulfonamides is 1. The number of hydrogen-bond donors (Lipinski definition) is 2. The summed E-state index contributed by atoms with van der Waals surface area (Å²) in [6.07, 6.45) is 0. The molecule has 0 aliphatic carbocycles. The minimum atomic E-state index is -3.58. The number of carbonyl (C=O) groups excluding carboxylic acids is 1. The maximum absolute atomic E-state index is 12.5. The first-order valence-corrected chi connectivity index (χ1v) is 11.4. The van der Waals surface area contributed by atoms with Crippen molar-refractivity contribution in [1.82, 2.24) is 9.71 Å². The van der Waals surface area contributed by atoms with Crippen LogP contribution >= 0.6 is 11.8 Å². The quantitative estimate of drug-likeness (QED) is 0.649. The number of aryl methyl sites for hydroxylation is 2. The number of thioether (sulfide) groups is 1. The zero-order valence-corrected chi connectivity index (χ0v) is 18.6. The summed E-state index contributed by atoms with van der Waals surface area (Å²) >= 11 is 1.21. The third kappa shape index (κ3) is 6.03. The highest BCUT2D eigenvalue weighted by atomic mass is 32.2. The lowest BCUT2D eigenvalue weighted by molar-refractivity contribution is -0.115. The van der Waals surface area contributed by atoms with Gasteiger partial charge in [0, 0.05) is 17.4 Å². The smallest absolute Gasteiger partial charge is 0.240 e. The summed E-state index contributed by atoms with van der Waals surface area (Å²) in [5.74, 6) is -0.268. The number of nitriles is 1. The first-order chi connectivity index (χ1) is 13.5. The van der Waals surface area contributed by atoms with Crippen LogP contribution in [0.2, 0.25) is 0 Å². The molecule has 0 aliphatic rings. The van der Waals surface area contributed by atoms with E-state index in [2.05, 4.69) is 21.1 Å². The van der Waals surface area contributed by atoms with Crippen molar-refractivity contribution in [3.05, 3.63) is 47.2 Å². The van der Waals surface area contributed by atoms with Crippen LogP contribution in [0.3, 0.4) is 0 Å². The first-order valence-electron chi connectivity index (χ1n) is 9.01. The normalized spacial score (nSPS) is 12.4. The van der Waals surface area contributed by atoms with Crippen LogP contribution in [0.15, 0.2) is 40.3 Å². The van der Waals surface area contributed by atoms with Crippen LogP contribution in [-0.2, 0) is 14.8 Å². The molecular weight excluding hydrogens is 408 g/mol. The Morgan fingerprint density at radius 1 is 1.17 bits per heavy atom. The number of hydrogen-bond acceptors (Lipinski definition) is 6. The fourth-order valence-electron chi connectivity index (χ4n) is 2.58. The molecule has 1 atom stereocenters. The molecule has 2 rings (SSSR count). The van der Waals surface area contributed by atoms with Gasteiger partial charge in [0.2, 0.25) is 15.9 Å². The van der Waals surface area contributed by atoms with Gasteiger partial charge in [-0.25, -0.2) is 18.1 Å². The Morgan fingerprint density at radius 2 is 1.79 bits per heavy atom. The molecule has 0 aliphatic heterocycles. The van der Waals surface area contributed by atoms with E-state index in [0.29, 0.717) is 16.3 Å². The van der Waals surface area contributed by atoms with Crippen molar-refractivity contribution in [2.24, 2.45) is 0 Å². The Balaban J connectivity index is 2.10. The molecule has 29 heavy (non-hydrogen) atoms. The van der Waals surface area contributed by atoms with Crippen molar-refractivity contribution < 1.29 is 13.2 Å². The highest BCUT2D eigenvalue weighted by Crippen LogP contribution is 2.28. The van der Waals surface area contributed by atoms with Crippen LogP contribution < -0.4 is 10.0 Å². The lowest BCUT2D eigenvalue weighted by Gasteiger charge is -2.14. The minimum absolute atomic E-state index is 0.129. The second kappa shape index (κ2) is 9.39. The first kappa shape index (κ1) is 22.9. The Morgan fingerprint density at radius 3 is 2.34 bits per heavy atom. The van der Waals surface area contributed by atoms with Crippen LogP contribution in [0.4, 0.5) is 5.69 Å². The van der Waals surface area contributed by atoms with Crippen LogP contribution in [0.5, 0.6) is 0 Å². The van der Waals surface area contributed by atoms with Crippen molar-refractivity contribution in [2.75, 3.05) is 5.32 Å². The Bertz CT molecular complexity index is 1040. The van der Waals surface area contributed by atoms with Crippen molar-refractivity contribution in [1.29, 1.82) is 5.26 Å². The molecule has 0 fully saturated rings. The average molecular weight is 433 g/mol. The summed E-state index contributed by atoms with van der Waals surface area (Å²) in [6, 6.07) is 9.72. The molecule has 0 spiro atoms. The van der Waals surface area contributed by atoms with Crippen LogP contribution in [0.1, 0.15) is 37.6 Å². The van der Waals surface area contributed by atoms with Crippen LogP contribution in [0, 0.1) is 25.2 Å². The molecule has 0 radical (unpaired) electrons. The highest BCUT2D eigenvalue weighted by Gasteiger charge is 2.20. The summed E-state index contributed by atoms with van der Waals surface area (Å²) in [7, 11) is -3.58. The van der Waals surface area contributed by atoms with Crippen LogP contribution in [-0.4, -0.2) is 30.6 Å². The molecule has 1 amide bonds. The van der Waals surface area contributed by atoms with Crippen LogP contribution in [0.25, 0.3) is 0 Å². The van der Waals surface area contributed by atoms with Gasteiger partial charge in [-0.3, -0.25) is 4.79 Å². The molecule has 0 bridgehead atoms. The Labute approximate surface area is 176 Å². The molecule has 2 aromatic rings. The molecule has 0 saturated carbocycles. The number of rotatable bonds is 7. The van der Waals surface area contributed by atoms with E-state index in [-0.39, 0.29) is 16.8 Å². The van der Waals surface area contributed by atoms with E-state index < -0.39 is 15.3 Å². The van der Waals surface area contributed by atoms with E-state index in [9.17, 15) is 18.5 Å². The van der Waals surface area contributed by atoms with Gasteiger partial charge in [0.1, 0.15) is 11.1 Å². The van der Waals surface area contributed by atoms with Gasteiger partial charge in [-0.15, -0.1) is 0 Å². The summed E-state index contributed by atoms with van der Waals surface area (Å²) < 4.78 is 26.8. The highest BCUT2D eigenvalue weighted by molar-refractivity contribution is 8.00. The molecule has 7 nitrogen and oxygen atoms in total. The zero-order valence-electron chi connectivity index (χ0n) is 17.0. The second-order valence-corrected chi connectivity index (χ2v) is 9.97. The largest absolute Gasteiger partial charge is 0.325 e. The molecule has 2 N–H and O–H groups in total. The van der Waals surface area contributed by atoms with Gasteiger partial charge < -0.3 is 5.32 Å². The molecule has 0 saturated heterocycles. The van der Waals surface area contributed by atoms with E-state index in [1.165, 1.54) is 23.9 Å².